The van der Waals surface area contributed by atoms with Gasteiger partial charge in [-0.15, -0.1) is 0 Å². The van der Waals surface area contributed by atoms with Gasteiger partial charge in [-0.05, 0) is 43.0 Å². The summed E-state index contributed by atoms with van der Waals surface area (Å²) in [6.45, 7) is 3.84. The predicted molar refractivity (Wildman–Crippen MR) is 128 cm³/mol. The SMILES string of the molecule is CCCCCNC(=O)CCCCC=O.CN1Cc2ccccc2C#Cc2ccccc21. The van der Waals surface area contributed by atoms with Gasteiger partial charge in [0.15, 0.2) is 0 Å². The number of benzene rings is 2. The highest BCUT2D eigenvalue weighted by Gasteiger charge is 2.10. The van der Waals surface area contributed by atoms with Crippen molar-refractivity contribution in [1.82, 2.24) is 5.32 Å². The number of carbonyl (C=O) groups excluding carboxylic acids is 2. The van der Waals surface area contributed by atoms with Gasteiger partial charge in [0.05, 0.1) is 5.69 Å². The lowest BCUT2D eigenvalue weighted by Crippen LogP contribution is -2.23. The summed E-state index contributed by atoms with van der Waals surface area (Å²) in [5.74, 6) is 6.64. The van der Waals surface area contributed by atoms with E-state index in [0.717, 1.165) is 49.8 Å². The molecule has 1 aliphatic rings. The molecule has 1 N–H and O–H groups in total. The van der Waals surface area contributed by atoms with Crippen molar-refractivity contribution in [2.75, 3.05) is 18.5 Å². The van der Waals surface area contributed by atoms with Gasteiger partial charge in [-0.1, -0.05) is 61.9 Å². The maximum absolute atomic E-state index is 11.2. The summed E-state index contributed by atoms with van der Waals surface area (Å²) in [6.07, 6.45) is 7.09. The fourth-order valence-electron chi connectivity index (χ4n) is 3.37. The Morgan fingerprint density at radius 2 is 1.71 bits per heavy atom. The Balaban J connectivity index is 0.000000226. The lowest BCUT2D eigenvalue weighted by molar-refractivity contribution is -0.121. The van der Waals surface area contributed by atoms with Crippen LogP contribution in [0.4, 0.5) is 5.69 Å². The van der Waals surface area contributed by atoms with Crippen LogP contribution in [-0.2, 0) is 16.1 Å². The number of anilines is 1. The Kier molecular flexibility index (Phi) is 11.0. The third-order valence-corrected chi connectivity index (χ3v) is 5.15. The van der Waals surface area contributed by atoms with Crippen molar-refractivity contribution < 1.29 is 9.59 Å². The van der Waals surface area contributed by atoms with E-state index >= 15 is 0 Å². The summed E-state index contributed by atoms with van der Waals surface area (Å²) in [5, 5.41) is 2.87. The minimum absolute atomic E-state index is 0.118. The number of hydrogen-bond acceptors (Lipinski definition) is 3. The Labute approximate surface area is 187 Å². The third-order valence-electron chi connectivity index (χ3n) is 5.15. The number of nitrogens with zero attached hydrogens (tertiary/aromatic N) is 1. The Morgan fingerprint density at radius 3 is 2.48 bits per heavy atom. The van der Waals surface area contributed by atoms with Crippen LogP contribution in [0.15, 0.2) is 48.5 Å². The van der Waals surface area contributed by atoms with E-state index in [1.54, 1.807) is 0 Å². The molecule has 0 radical (unpaired) electrons. The molecule has 2 aromatic carbocycles. The number of aldehydes is 1. The number of rotatable bonds is 9. The number of amides is 1. The van der Waals surface area contributed by atoms with Gasteiger partial charge in [0.2, 0.25) is 5.91 Å². The van der Waals surface area contributed by atoms with Crippen molar-refractivity contribution in [3.63, 3.8) is 0 Å². The summed E-state index contributed by atoms with van der Waals surface area (Å²) in [4.78, 5) is 23.4. The molecule has 3 rings (SSSR count). The highest BCUT2D eigenvalue weighted by molar-refractivity contribution is 5.75. The molecule has 2 aromatic rings. The second-order valence-electron chi connectivity index (χ2n) is 7.75. The molecule has 0 atom stereocenters. The van der Waals surface area contributed by atoms with Crippen molar-refractivity contribution in [2.45, 2.75) is 58.4 Å². The summed E-state index contributed by atoms with van der Waals surface area (Å²) < 4.78 is 0. The van der Waals surface area contributed by atoms with E-state index in [4.69, 9.17) is 0 Å². The quantitative estimate of drug-likeness (QED) is 0.351. The average Bonchev–Trinajstić information content (AvgIpc) is 2.78. The van der Waals surface area contributed by atoms with Crippen molar-refractivity contribution in [2.24, 2.45) is 0 Å². The number of hydrogen-bond donors (Lipinski definition) is 1. The Bertz CT molecular complexity index is 895. The van der Waals surface area contributed by atoms with E-state index in [9.17, 15) is 9.59 Å². The molecule has 0 unspecified atom stereocenters. The molecular weight excluding hydrogens is 384 g/mol. The molecule has 1 heterocycles. The summed E-state index contributed by atoms with van der Waals surface area (Å²) in [6, 6.07) is 16.6. The third kappa shape index (κ3) is 8.68. The molecule has 0 fully saturated rings. The normalized spacial score (nSPS) is 11.4. The smallest absolute Gasteiger partial charge is 0.219 e. The molecule has 0 aliphatic carbocycles. The fourth-order valence-corrected chi connectivity index (χ4v) is 3.37. The topological polar surface area (TPSA) is 49.4 Å². The van der Waals surface area contributed by atoms with E-state index in [2.05, 4.69) is 72.4 Å². The van der Waals surface area contributed by atoms with Crippen molar-refractivity contribution in [1.29, 1.82) is 0 Å². The first-order chi connectivity index (χ1) is 15.2. The van der Waals surface area contributed by atoms with Gasteiger partial charge in [0.25, 0.3) is 0 Å². The highest BCUT2D eigenvalue weighted by Crippen LogP contribution is 2.23. The minimum Gasteiger partial charge on any atom is -0.369 e. The number of nitrogens with one attached hydrogen (secondary N) is 1. The molecular formula is C27H34N2O2. The number of fused-ring (bicyclic) bond motifs is 2. The fraction of sp³-hybridized carbons (Fsp3) is 0.407. The van der Waals surface area contributed by atoms with Crippen LogP contribution in [-0.4, -0.2) is 25.8 Å². The van der Waals surface area contributed by atoms with E-state index in [1.165, 1.54) is 24.1 Å². The molecule has 0 spiro atoms. The number of para-hydroxylation sites is 1. The highest BCUT2D eigenvalue weighted by atomic mass is 16.1. The second kappa shape index (κ2) is 14.0. The van der Waals surface area contributed by atoms with Crippen LogP contribution in [0.5, 0.6) is 0 Å². The molecule has 4 heteroatoms. The first-order valence-corrected chi connectivity index (χ1v) is 11.3. The number of unbranched alkanes of at least 4 members (excludes halogenated alkanes) is 4. The van der Waals surface area contributed by atoms with E-state index in [1.807, 2.05) is 12.1 Å². The summed E-state index contributed by atoms with van der Waals surface area (Å²) >= 11 is 0. The molecule has 1 aliphatic heterocycles. The molecule has 164 valence electrons. The Hall–Kier alpha value is -3.06. The van der Waals surface area contributed by atoms with Crippen LogP contribution in [0.25, 0.3) is 0 Å². The Morgan fingerprint density at radius 1 is 1.00 bits per heavy atom. The van der Waals surface area contributed by atoms with Crippen LogP contribution in [0.3, 0.4) is 0 Å². The van der Waals surface area contributed by atoms with Gasteiger partial charge < -0.3 is 15.0 Å². The van der Waals surface area contributed by atoms with Crippen LogP contribution in [0, 0.1) is 11.8 Å². The van der Waals surface area contributed by atoms with Crippen molar-refractivity contribution >= 4 is 17.9 Å². The molecule has 31 heavy (non-hydrogen) atoms. The monoisotopic (exact) mass is 418 g/mol. The van der Waals surface area contributed by atoms with Crippen molar-refractivity contribution in [3.8, 4) is 11.8 Å². The first-order valence-electron chi connectivity index (χ1n) is 11.3. The van der Waals surface area contributed by atoms with Gasteiger partial charge in [-0.25, -0.2) is 0 Å². The maximum Gasteiger partial charge on any atom is 0.219 e. The molecule has 0 saturated heterocycles. The lowest BCUT2D eigenvalue weighted by atomic mass is 10.0. The van der Waals surface area contributed by atoms with Crippen molar-refractivity contribution in [3.05, 3.63) is 65.2 Å². The zero-order chi connectivity index (χ0) is 22.3. The van der Waals surface area contributed by atoms with Crippen LogP contribution in [0.2, 0.25) is 0 Å². The molecule has 0 bridgehead atoms. The molecule has 0 aromatic heterocycles. The number of carbonyl (C=O) groups is 2. The van der Waals surface area contributed by atoms with Crippen LogP contribution in [0.1, 0.15) is 68.6 Å². The van der Waals surface area contributed by atoms with Gasteiger partial charge >= 0.3 is 0 Å². The van der Waals surface area contributed by atoms with E-state index < -0.39 is 0 Å². The standard InChI is InChI=1S/C16H13N.C11H21NO2/c1-17-12-15-8-3-2-6-13(15)10-11-14-7-4-5-9-16(14)17;1-2-3-6-9-12-11(14)8-5-4-7-10-13/h2-9H,12H2,1H3;10H,2-9H2,1H3,(H,12,14). The zero-order valence-corrected chi connectivity index (χ0v) is 18.8. The van der Waals surface area contributed by atoms with Gasteiger partial charge in [-0.2, -0.15) is 0 Å². The largest absolute Gasteiger partial charge is 0.369 e. The van der Waals surface area contributed by atoms with E-state index in [0.29, 0.717) is 12.8 Å². The first kappa shape index (κ1) is 24.2. The molecule has 4 nitrogen and oxygen atoms in total. The minimum atomic E-state index is 0.118. The predicted octanol–water partition coefficient (Wildman–Crippen LogP) is 5.09. The average molecular weight is 419 g/mol. The van der Waals surface area contributed by atoms with E-state index in [-0.39, 0.29) is 5.91 Å². The second-order valence-corrected chi connectivity index (χ2v) is 7.75. The lowest BCUT2D eigenvalue weighted by Gasteiger charge is -2.22. The van der Waals surface area contributed by atoms with Gasteiger partial charge in [0, 0.05) is 44.1 Å². The molecule has 1 amide bonds. The summed E-state index contributed by atoms with van der Waals surface area (Å²) in [7, 11) is 2.11. The summed E-state index contributed by atoms with van der Waals surface area (Å²) in [5.41, 5.74) is 4.73. The van der Waals surface area contributed by atoms with Gasteiger partial charge in [-0.3, -0.25) is 4.79 Å². The van der Waals surface area contributed by atoms with Crippen LogP contribution < -0.4 is 10.2 Å². The zero-order valence-electron chi connectivity index (χ0n) is 18.8. The maximum atomic E-state index is 11.2. The van der Waals surface area contributed by atoms with Gasteiger partial charge in [0.1, 0.15) is 6.29 Å². The molecule has 0 saturated carbocycles. The van der Waals surface area contributed by atoms with Crippen LogP contribution >= 0.6 is 0 Å².